The van der Waals surface area contributed by atoms with Gasteiger partial charge in [-0.25, -0.2) is 0 Å². The fourth-order valence-electron chi connectivity index (χ4n) is 3.39. The van der Waals surface area contributed by atoms with Gasteiger partial charge in [0, 0.05) is 39.3 Å². The van der Waals surface area contributed by atoms with Gasteiger partial charge >= 0.3 is 0 Å². The summed E-state index contributed by atoms with van der Waals surface area (Å²) in [6.45, 7) is 6.73. The van der Waals surface area contributed by atoms with Crippen LogP contribution in [0.15, 0.2) is 30.3 Å². The molecule has 2 amide bonds. The lowest BCUT2D eigenvalue weighted by molar-refractivity contribution is -0.139. The highest BCUT2D eigenvalue weighted by Gasteiger charge is 2.50. The molecule has 3 rings (SSSR count). The molecule has 24 heavy (non-hydrogen) atoms. The maximum Gasteiger partial charge on any atom is 0.226 e. The highest BCUT2D eigenvalue weighted by atomic mass is 16.2. The third-order valence-corrected chi connectivity index (χ3v) is 5.15. The molecule has 0 aromatic heterocycles. The van der Waals surface area contributed by atoms with Gasteiger partial charge in [-0.3, -0.25) is 9.59 Å². The number of carbonyl (C=O) groups is 2. The fraction of sp³-hybridized carbons (Fsp3) is 0.579. The maximum atomic E-state index is 12.7. The third-order valence-electron chi connectivity index (χ3n) is 5.15. The number of hydrogen-bond acceptors (Lipinski definition) is 3. The molecule has 0 spiro atoms. The highest BCUT2D eigenvalue weighted by molar-refractivity contribution is 5.92. The van der Waals surface area contributed by atoms with Crippen LogP contribution in [-0.4, -0.2) is 66.3 Å². The number of nitrogens with zero attached hydrogens (tertiary/aromatic N) is 3. The third kappa shape index (κ3) is 3.78. The molecule has 2 aliphatic rings. The Hall–Kier alpha value is -1.88. The van der Waals surface area contributed by atoms with Crippen molar-refractivity contribution < 1.29 is 9.59 Å². The Labute approximate surface area is 144 Å². The summed E-state index contributed by atoms with van der Waals surface area (Å²) in [5.41, 5.74) is 1.13. The molecule has 130 valence electrons. The summed E-state index contributed by atoms with van der Waals surface area (Å²) >= 11 is 0. The zero-order chi connectivity index (χ0) is 17.1. The van der Waals surface area contributed by atoms with Crippen LogP contribution in [0.3, 0.4) is 0 Å². The first kappa shape index (κ1) is 17.0. The van der Waals surface area contributed by atoms with E-state index in [9.17, 15) is 9.59 Å². The minimum Gasteiger partial charge on any atom is -0.340 e. The van der Waals surface area contributed by atoms with Crippen LogP contribution < -0.4 is 0 Å². The van der Waals surface area contributed by atoms with E-state index in [4.69, 9.17) is 0 Å². The van der Waals surface area contributed by atoms with E-state index >= 15 is 0 Å². The summed E-state index contributed by atoms with van der Waals surface area (Å²) in [4.78, 5) is 31.4. The molecule has 0 radical (unpaired) electrons. The van der Waals surface area contributed by atoms with E-state index in [2.05, 4.69) is 11.9 Å². The Bertz CT molecular complexity index is 582. The molecule has 0 bridgehead atoms. The van der Waals surface area contributed by atoms with Crippen LogP contribution in [-0.2, 0) is 16.1 Å². The average Bonchev–Trinajstić information content (AvgIpc) is 3.41. The number of benzene rings is 1. The smallest absolute Gasteiger partial charge is 0.226 e. The van der Waals surface area contributed by atoms with Crippen molar-refractivity contribution in [2.75, 3.05) is 39.8 Å². The second-order valence-electron chi connectivity index (χ2n) is 6.92. The number of hydrogen-bond donors (Lipinski definition) is 0. The number of amides is 2. The van der Waals surface area contributed by atoms with Gasteiger partial charge in [-0.2, -0.15) is 0 Å². The molecule has 0 N–H and O–H groups in total. The summed E-state index contributed by atoms with van der Waals surface area (Å²) in [5.74, 6) is 0.109. The summed E-state index contributed by atoms with van der Waals surface area (Å²) in [6, 6.07) is 10.0. The molecule has 1 heterocycles. The Morgan fingerprint density at radius 2 is 1.75 bits per heavy atom. The minimum atomic E-state index is -0.110. The lowest BCUT2D eigenvalue weighted by Crippen LogP contribution is -2.48. The van der Waals surface area contributed by atoms with E-state index < -0.39 is 0 Å². The quantitative estimate of drug-likeness (QED) is 0.821. The van der Waals surface area contributed by atoms with Crippen molar-refractivity contribution in [2.45, 2.75) is 19.9 Å². The number of rotatable bonds is 5. The maximum absolute atomic E-state index is 12.7. The first-order valence-electron chi connectivity index (χ1n) is 8.90. The van der Waals surface area contributed by atoms with Crippen molar-refractivity contribution >= 4 is 11.8 Å². The minimum absolute atomic E-state index is 0.0919. The fourth-order valence-corrected chi connectivity index (χ4v) is 3.39. The van der Waals surface area contributed by atoms with Crippen molar-refractivity contribution in [3.8, 4) is 0 Å². The standard InChI is InChI=1S/C19H27N3O2/c1-3-21(14-15-7-5-4-6-8-15)18(23)16-13-17(16)19(24)22-11-9-20(2)10-12-22/h4-8,16-17H,3,9-14H2,1-2H3. The highest BCUT2D eigenvalue weighted by Crippen LogP contribution is 2.41. The van der Waals surface area contributed by atoms with Crippen molar-refractivity contribution in [3.05, 3.63) is 35.9 Å². The van der Waals surface area contributed by atoms with Gasteiger partial charge in [-0.05, 0) is 26.0 Å². The van der Waals surface area contributed by atoms with Crippen LogP contribution >= 0.6 is 0 Å². The van der Waals surface area contributed by atoms with Crippen LogP contribution in [0, 0.1) is 11.8 Å². The summed E-state index contributed by atoms with van der Waals surface area (Å²) in [6.07, 6.45) is 0.718. The summed E-state index contributed by atoms with van der Waals surface area (Å²) in [7, 11) is 2.08. The van der Waals surface area contributed by atoms with E-state index in [0.717, 1.165) is 38.2 Å². The van der Waals surface area contributed by atoms with Gasteiger partial charge in [0.05, 0.1) is 11.8 Å². The Morgan fingerprint density at radius 3 is 2.38 bits per heavy atom. The molecule has 2 atom stereocenters. The molecule has 1 aliphatic heterocycles. The molecule has 1 aromatic carbocycles. The van der Waals surface area contributed by atoms with E-state index in [1.165, 1.54) is 0 Å². The second kappa shape index (κ2) is 7.34. The van der Waals surface area contributed by atoms with Crippen LogP contribution in [0.2, 0.25) is 0 Å². The van der Waals surface area contributed by atoms with Gasteiger partial charge in [0.1, 0.15) is 0 Å². The van der Waals surface area contributed by atoms with Crippen molar-refractivity contribution in [2.24, 2.45) is 11.8 Å². The summed E-state index contributed by atoms with van der Waals surface area (Å²) < 4.78 is 0. The molecule has 2 fully saturated rings. The molecule has 1 aliphatic carbocycles. The molecule has 1 saturated heterocycles. The lowest BCUT2D eigenvalue weighted by Gasteiger charge is -2.32. The Kier molecular flexibility index (Phi) is 5.19. The van der Waals surface area contributed by atoms with Gasteiger partial charge in [0.25, 0.3) is 0 Å². The number of piperazine rings is 1. The molecular weight excluding hydrogens is 302 g/mol. The first-order valence-corrected chi connectivity index (χ1v) is 8.90. The average molecular weight is 329 g/mol. The molecule has 5 nitrogen and oxygen atoms in total. The largest absolute Gasteiger partial charge is 0.340 e. The monoisotopic (exact) mass is 329 g/mol. The second-order valence-corrected chi connectivity index (χ2v) is 6.92. The van der Waals surface area contributed by atoms with Gasteiger partial charge in [0.15, 0.2) is 0 Å². The molecular formula is C19H27N3O2. The zero-order valence-corrected chi connectivity index (χ0v) is 14.6. The van der Waals surface area contributed by atoms with Gasteiger partial charge in [-0.1, -0.05) is 30.3 Å². The molecule has 1 aromatic rings. The van der Waals surface area contributed by atoms with Crippen LogP contribution in [0.1, 0.15) is 18.9 Å². The van der Waals surface area contributed by atoms with Crippen molar-refractivity contribution in [3.63, 3.8) is 0 Å². The lowest BCUT2D eigenvalue weighted by atomic mass is 10.2. The predicted molar refractivity (Wildman–Crippen MR) is 93.2 cm³/mol. The zero-order valence-electron chi connectivity index (χ0n) is 14.6. The van der Waals surface area contributed by atoms with E-state index in [1.807, 2.05) is 47.1 Å². The first-order chi connectivity index (χ1) is 11.6. The SMILES string of the molecule is CCN(Cc1ccccc1)C(=O)C1CC1C(=O)N1CCN(C)CC1. The topological polar surface area (TPSA) is 43.9 Å². The van der Waals surface area contributed by atoms with Crippen LogP contribution in [0.4, 0.5) is 0 Å². The molecule has 1 saturated carbocycles. The van der Waals surface area contributed by atoms with E-state index in [1.54, 1.807) is 0 Å². The Morgan fingerprint density at radius 1 is 1.08 bits per heavy atom. The van der Waals surface area contributed by atoms with Gasteiger partial charge in [0.2, 0.25) is 11.8 Å². The van der Waals surface area contributed by atoms with E-state index in [-0.39, 0.29) is 23.7 Å². The van der Waals surface area contributed by atoms with E-state index in [0.29, 0.717) is 13.1 Å². The Balaban J connectivity index is 1.55. The summed E-state index contributed by atoms with van der Waals surface area (Å²) in [5, 5.41) is 0. The number of carbonyl (C=O) groups excluding carboxylic acids is 2. The number of likely N-dealkylation sites (N-methyl/N-ethyl adjacent to an activating group) is 1. The van der Waals surface area contributed by atoms with Crippen molar-refractivity contribution in [1.82, 2.24) is 14.7 Å². The van der Waals surface area contributed by atoms with Gasteiger partial charge in [-0.15, -0.1) is 0 Å². The molecule has 2 unspecified atom stereocenters. The van der Waals surface area contributed by atoms with Crippen LogP contribution in [0.25, 0.3) is 0 Å². The van der Waals surface area contributed by atoms with Crippen molar-refractivity contribution in [1.29, 1.82) is 0 Å². The van der Waals surface area contributed by atoms with Crippen LogP contribution in [0.5, 0.6) is 0 Å². The molecule has 5 heteroatoms. The van der Waals surface area contributed by atoms with Gasteiger partial charge < -0.3 is 14.7 Å². The predicted octanol–water partition coefficient (Wildman–Crippen LogP) is 1.45. The normalized spacial score (nSPS) is 23.8.